The number of hydrogen-bond acceptors (Lipinski definition) is 6. The van der Waals surface area contributed by atoms with Gasteiger partial charge in [-0.05, 0) is 49.4 Å². The Morgan fingerprint density at radius 2 is 1.71 bits per heavy atom. The molecule has 0 bridgehead atoms. The highest BCUT2D eigenvalue weighted by molar-refractivity contribution is 5.91. The van der Waals surface area contributed by atoms with Crippen molar-refractivity contribution in [3.63, 3.8) is 0 Å². The Morgan fingerprint density at radius 3 is 2.29 bits per heavy atom. The third kappa shape index (κ3) is 5.39. The number of carbonyl (C=O) groups is 2. The number of nitrogens with one attached hydrogen (secondary N) is 1. The Kier molecular flexibility index (Phi) is 7.26. The lowest BCUT2D eigenvalue weighted by Crippen LogP contribution is -2.31. The summed E-state index contributed by atoms with van der Waals surface area (Å²) < 4.78 is 15.7. The largest absolute Gasteiger partial charge is 0.497 e. The first kappa shape index (κ1) is 21.1. The van der Waals surface area contributed by atoms with Gasteiger partial charge in [-0.2, -0.15) is 0 Å². The number of benzene rings is 2. The van der Waals surface area contributed by atoms with Gasteiger partial charge in [-0.1, -0.05) is 0 Å². The van der Waals surface area contributed by atoms with E-state index in [-0.39, 0.29) is 12.6 Å². The Bertz CT molecular complexity index is 818. The summed E-state index contributed by atoms with van der Waals surface area (Å²) in [4.78, 5) is 26.2. The lowest BCUT2D eigenvalue weighted by molar-refractivity contribution is -0.124. The number of anilines is 1. The maximum Gasteiger partial charge on any atom is 0.338 e. The molecule has 0 aromatic heterocycles. The topological polar surface area (TPSA) is 77.1 Å². The van der Waals surface area contributed by atoms with Gasteiger partial charge in [-0.25, -0.2) is 4.79 Å². The molecule has 0 saturated carbocycles. The standard InChI is InChI=1S/C21H26N2O5/c1-14(18-12-17(26-4)10-11-19(18)27-5)22-20(24)13-28-21(25)15-6-8-16(9-7-15)23(2)3/h6-12,14H,13H2,1-5H3,(H,22,24). The Balaban J connectivity index is 1.94. The van der Waals surface area contributed by atoms with E-state index in [4.69, 9.17) is 14.2 Å². The molecule has 0 aliphatic heterocycles. The van der Waals surface area contributed by atoms with Crippen molar-refractivity contribution in [1.82, 2.24) is 5.32 Å². The molecule has 0 heterocycles. The summed E-state index contributed by atoms with van der Waals surface area (Å²) in [5, 5.41) is 2.79. The first-order chi connectivity index (χ1) is 13.3. The molecule has 150 valence electrons. The van der Waals surface area contributed by atoms with Gasteiger partial charge in [0.15, 0.2) is 6.61 Å². The van der Waals surface area contributed by atoms with Gasteiger partial charge in [0.05, 0.1) is 25.8 Å². The van der Waals surface area contributed by atoms with Crippen LogP contribution in [0.5, 0.6) is 11.5 Å². The Labute approximate surface area is 165 Å². The number of amides is 1. The van der Waals surface area contributed by atoms with E-state index >= 15 is 0 Å². The van der Waals surface area contributed by atoms with E-state index < -0.39 is 11.9 Å². The third-order valence-electron chi connectivity index (χ3n) is 4.23. The minimum absolute atomic E-state index is 0.351. The van der Waals surface area contributed by atoms with Gasteiger partial charge in [0, 0.05) is 25.3 Å². The van der Waals surface area contributed by atoms with Crippen LogP contribution in [-0.4, -0.2) is 46.8 Å². The maximum atomic E-state index is 12.2. The van der Waals surface area contributed by atoms with E-state index in [0.29, 0.717) is 17.1 Å². The summed E-state index contributed by atoms with van der Waals surface area (Å²) >= 11 is 0. The van der Waals surface area contributed by atoms with Gasteiger partial charge >= 0.3 is 5.97 Å². The normalized spacial score (nSPS) is 11.3. The van der Waals surface area contributed by atoms with E-state index in [2.05, 4.69) is 5.32 Å². The van der Waals surface area contributed by atoms with Crippen molar-refractivity contribution in [2.75, 3.05) is 39.8 Å². The Morgan fingerprint density at radius 1 is 1.04 bits per heavy atom. The van der Waals surface area contributed by atoms with Crippen molar-refractivity contribution in [3.8, 4) is 11.5 Å². The maximum absolute atomic E-state index is 12.2. The summed E-state index contributed by atoms with van der Waals surface area (Å²) in [7, 11) is 6.95. The van der Waals surface area contributed by atoms with Crippen LogP contribution < -0.4 is 19.7 Å². The SMILES string of the molecule is COc1ccc(OC)c(C(C)NC(=O)COC(=O)c2ccc(N(C)C)cc2)c1. The summed E-state index contributed by atoms with van der Waals surface area (Å²) in [6.45, 7) is 1.45. The molecule has 1 unspecified atom stereocenters. The molecule has 0 fully saturated rings. The minimum atomic E-state index is -0.549. The molecule has 7 nitrogen and oxygen atoms in total. The van der Waals surface area contributed by atoms with Gasteiger partial charge in [0.25, 0.3) is 5.91 Å². The Hall–Kier alpha value is -3.22. The van der Waals surface area contributed by atoms with Gasteiger partial charge in [-0.3, -0.25) is 4.79 Å². The highest BCUT2D eigenvalue weighted by Crippen LogP contribution is 2.29. The van der Waals surface area contributed by atoms with Gasteiger partial charge < -0.3 is 24.4 Å². The van der Waals surface area contributed by atoms with Gasteiger partial charge in [0.2, 0.25) is 0 Å². The highest BCUT2D eigenvalue weighted by atomic mass is 16.5. The number of hydrogen-bond donors (Lipinski definition) is 1. The zero-order valence-electron chi connectivity index (χ0n) is 16.8. The quantitative estimate of drug-likeness (QED) is 0.703. The van der Waals surface area contributed by atoms with Crippen LogP contribution in [0.2, 0.25) is 0 Å². The summed E-state index contributed by atoms with van der Waals surface area (Å²) in [5.41, 5.74) is 2.12. The van der Waals surface area contributed by atoms with E-state index in [9.17, 15) is 9.59 Å². The lowest BCUT2D eigenvalue weighted by Gasteiger charge is -2.18. The second-order valence-corrected chi connectivity index (χ2v) is 6.41. The van der Waals surface area contributed by atoms with E-state index in [0.717, 1.165) is 11.3 Å². The number of rotatable bonds is 8. The van der Waals surface area contributed by atoms with Crippen molar-refractivity contribution in [2.24, 2.45) is 0 Å². The fourth-order valence-electron chi connectivity index (χ4n) is 2.65. The van der Waals surface area contributed by atoms with Crippen LogP contribution in [0.25, 0.3) is 0 Å². The first-order valence-electron chi connectivity index (χ1n) is 8.81. The van der Waals surface area contributed by atoms with Crippen LogP contribution in [0, 0.1) is 0 Å². The second kappa shape index (κ2) is 9.64. The monoisotopic (exact) mass is 386 g/mol. The fourth-order valence-corrected chi connectivity index (χ4v) is 2.65. The number of ether oxygens (including phenoxy) is 3. The number of methoxy groups -OCH3 is 2. The molecule has 2 aromatic rings. The zero-order valence-corrected chi connectivity index (χ0v) is 16.8. The second-order valence-electron chi connectivity index (χ2n) is 6.41. The van der Waals surface area contributed by atoms with E-state index in [1.165, 1.54) is 0 Å². The van der Waals surface area contributed by atoms with Gasteiger partial charge in [-0.15, -0.1) is 0 Å². The van der Waals surface area contributed by atoms with Crippen LogP contribution in [-0.2, 0) is 9.53 Å². The highest BCUT2D eigenvalue weighted by Gasteiger charge is 2.17. The van der Waals surface area contributed by atoms with Crippen molar-refractivity contribution in [3.05, 3.63) is 53.6 Å². The van der Waals surface area contributed by atoms with Crippen molar-refractivity contribution >= 4 is 17.6 Å². The molecule has 2 rings (SSSR count). The lowest BCUT2D eigenvalue weighted by atomic mass is 10.1. The first-order valence-corrected chi connectivity index (χ1v) is 8.81. The van der Waals surface area contributed by atoms with Crippen LogP contribution in [0.15, 0.2) is 42.5 Å². The average Bonchev–Trinajstić information content (AvgIpc) is 2.71. The van der Waals surface area contributed by atoms with Gasteiger partial charge in [0.1, 0.15) is 11.5 Å². The zero-order chi connectivity index (χ0) is 20.7. The number of carbonyl (C=O) groups excluding carboxylic acids is 2. The summed E-state index contributed by atoms with van der Waals surface area (Å²) in [5.74, 6) is 0.332. The van der Waals surface area contributed by atoms with Crippen molar-refractivity contribution < 1.29 is 23.8 Å². The molecule has 0 aliphatic rings. The van der Waals surface area contributed by atoms with E-state index in [1.807, 2.05) is 38.1 Å². The smallest absolute Gasteiger partial charge is 0.338 e. The molecule has 0 aliphatic carbocycles. The number of nitrogens with zero attached hydrogens (tertiary/aromatic N) is 1. The molecule has 7 heteroatoms. The van der Waals surface area contributed by atoms with Crippen LogP contribution in [0.4, 0.5) is 5.69 Å². The molecule has 1 amide bonds. The molecular formula is C21H26N2O5. The van der Waals surface area contributed by atoms with Crippen LogP contribution in [0.1, 0.15) is 28.9 Å². The van der Waals surface area contributed by atoms with Crippen molar-refractivity contribution in [1.29, 1.82) is 0 Å². The van der Waals surface area contributed by atoms with E-state index in [1.54, 1.807) is 44.6 Å². The molecule has 28 heavy (non-hydrogen) atoms. The summed E-state index contributed by atoms with van der Waals surface area (Å²) in [6.07, 6.45) is 0. The molecular weight excluding hydrogens is 360 g/mol. The summed E-state index contributed by atoms with van der Waals surface area (Å²) in [6, 6.07) is 12.0. The predicted octanol–water partition coefficient (Wildman–Crippen LogP) is 2.80. The fraction of sp³-hybridized carbons (Fsp3) is 0.333. The number of esters is 1. The predicted molar refractivity (Wildman–Crippen MR) is 107 cm³/mol. The minimum Gasteiger partial charge on any atom is -0.497 e. The molecule has 0 saturated heterocycles. The molecule has 0 radical (unpaired) electrons. The van der Waals surface area contributed by atoms with Crippen LogP contribution >= 0.6 is 0 Å². The van der Waals surface area contributed by atoms with Crippen molar-refractivity contribution in [2.45, 2.75) is 13.0 Å². The third-order valence-corrected chi connectivity index (χ3v) is 4.23. The molecule has 0 spiro atoms. The average molecular weight is 386 g/mol. The van der Waals surface area contributed by atoms with Crippen LogP contribution in [0.3, 0.4) is 0 Å². The molecule has 1 N–H and O–H groups in total. The molecule has 1 atom stereocenters. The molecule has 2 aromatic carbocycles.